The van der Waals surface area contributed by atoms with Gasteiger partial charge in [0.2, 0.25) is 5.91 Å². The molecule has 0 spiro atoms. The molecule has 22 heavy (non-hydrogen) atoms. The zero-order valence-corrected chi connectivity index (χ0v) is 12.3. The number of hydrazone groups is 1. The molecule has 0 bridgehead atoms. The molecule has 0 saturated carbocycles. The average molecular weight is 298 g/mol. The van der Waals surface area contributed by atoms with E-state index in [0.717, 1.165) is 5.56 Å². The molecule has 5 heteroatoms. The first-order valence-corrected chi connectivity index (χ1v) is 6.95. The Morgan fingerprint density at radius 3 is 2.55 bits per heavy atom. The van der Waals surface area contributed by atoms with Crippen LogP contribution in [-0.2, 0) is 11.2 Å². The third-order valence-electron chi connectivity index (χ3n) is 3.20. The van der Waals surface area contributed by atoms with Crippen LogP contribution < -0.4 is 5.43 Å². The minimum absolute atomic E-state index is 0.0269. The van der Waals surface area contributed by atoms with E-state index in [0.29, 0.717) is 24.1 Å². The second kappa shape index (κ2) is 7.26. The number of hydrogen-bond donors (Lipinski definition) is 3. The average Bonchev–Trinajstić information content (AvgIpc) is 2.51. The normalized spacial score (nSPS) is 11.2. The first-order chi connectivity index (χ1) is 10.6. The first kappa shape index (κ1) is 15.6. The largest absolute Gasteiger partial charge is 0.508 e. The number of nitrogens with one attached hydrogen (secondary N) is 1. The van der Waals surface area contributed by atoms with Gasteiger partial charge < -0.3 is 10.2 Å². The van der Waals surface area contributed by atoms with Crippen molar-refractivity contribution in [2.75, 3.05) is 0 Å². The van der Waals surface area contributed by atoms with Gasteiger partial charge in [-0.15, -0.1) is 0 Å². The number of aryl methyl sites for hydroxylation is 1. The molecule has 0 heterocycles. The summed E-state index contributed by atoms with van der Waals surface area (Å²) < 4.78 is 0. The summed E-state index contributed by atoms with van der Waals surface area (Å²) in [7, 11) is 0. The molecule has 1 amide bonds. The summed E-state index contributed by atoms with van der Waals surface area (Å²) in [5, 5.41) is 22.9. The van der Waals surface area contributed by atoms with E-state index in [2.05, 4.69) is 10.5 Å². The first-order valence-electron chi connectivity index (χ1n) is 6.95. The monoisotopic (exact) mass is 298 g/mol. The van der Waals surface area contributed by atoms with E-state index in [4.69, 9.17) is 0 Å². The number of benzene rings is 2. The van der Waals surface area contributed by atoms with Crippen LogP contribution in [0.15, 0.2) is 53.6 Å². The van der Waals surface area contributed by atoms with Gasteiger partial charge in [0.1, 0.15) is 11.5 Å². The van der Waals surface area contributed by atoms with E-state index in [1.807, 2.05) is 30.3 Å². The van der Waals surface area contributed by atoms with Crippen molar-refractivity contribution in [1.29, 1.82) is 0 Å². The van der Waals surface area contributed by atoms with Crippen molar-refractivity contribution in [3.05, 3.63) is 59.7 Å². The lowest BCUT2D eigenvalue weighted by Crippen LogP contribution is -2.19. The van der Waals surface area contributed by atoms with Gasteiger partial charge in [-0.3, -0.25) is 4.79 Å². The molecule has 2 aromatic carbocycles. The zero-order valence-electron chi connectivity index (χ0n) is 12.3. The third kappa shape index (κ3) is 4.34. The fourth-order valence-electron chi connectivity index (χ4n) is 1.99. The Morgan fingerprint density at radius 2 is 1.86 bits per heavy atom. The highest BCUT2D eigenvalue weighted by Gasteiger charge is 2.07. The maximum atomic E-state index is 11.8. The summed E-state index contributed by atoms with van der Waals surface area (Å²) in [6.07, 6.45) is 0.980. The highest BCUT2D eigenvalue weighted by molar-refractivity contribution is 6.01. The Morgan fingerprint density at radius 1 is 1.14 bits per heavy atom. The number of amides is 1. The predicted molar refractivity (Wildman–Crippen MR) is 84.9 cm³/mol. The van der Waals surface area contributed by atoms with Gasteiger partial charge in [-0.1, -0.05) is 30.3 Å². The van der Waals surface area contributed by atoms with Crippen molar-refractivity contribution in [2.24, 2.45) is 5.10 Å². The molecule has 0 radical (unpaired) electrons. The van der Waals surface area contributed by atoms with Crippen LogP contribution in [0.3, 0.4) is 0 Å². The molecule has 0 unspecified atom stereocenters. The lowest BCUT2D eigenvalue weighted by Gasteiger charge is -2.05. The fourth-order valence-corrected chi connectivity index (χ4v) is 1.99. The van der Waals surface area contributed by atoms with Crippen molar-refractivity contribution in [2.45, 2.75) is 19.8 Å². The molecule has 0 aromatic heterocycles. The van der Waals surface area contributed by atoms with Crippen LogP contribution in [0.25, 0.3) is 0 Å². The Hall–Kier alpha value is -2.82. The van der Waals surface area contributed by atoms with Gasteiger partial charge in [0, 0.05) is 18.1 Å². The van der Waals surface area contributed by atoms with Gasteiger partial charge in [-0.05, 0) is 31.0 Å². The minimum Gasteiger partial charge on any atom is -0.508 e. The topological polar surface area (TPSA) is 81.9 Å². The molecule has 0 atom stereocenters. The summed E-state index contributed by atoms with van der Waals surface area (Å²) in [4.78, 5) is 11.8. The molecule has 114 valence electrons. The van der Waals surface area contributed by atoms with Gasteiger partial charge in [0.15, 0.2) is 0 Å². The van der Waals surface area contributed by atoms with E-state index in [1.54, 1.807) is 13.0 Å². The number of rotatable bonds is 5. The van der Waals surface area contributed by atoms with E-state index in [1.165, 1.54) is 12.1 Å². The molecule has 0 aliphatic rings. The zero-order chi connectivity index (χ0) is 15.9. The lowest BCUT2D eigenvalue weighted by atomic mass is 10.1. The number of carbonyl (C=O) groups is 1. The fraction of sp³-hybridized carbons (Fsp3) is 0.176. The summed E-state index contributed by atoms with van der Waals surface area (Å²) >= 11 is 0. The number of carbonyl (C=O) groups excluding carboxylic acids is 1. The van der Waals surface area contributed by atoms with Crippen LogP contribution >= 0.6 is 0 Å². The Labute approximate surface area is 128 Å². The number of hydrogen-bond acceptors (Lipinski definition) is 4. The van der Waals surface area contributed by atoms with E-state index >= 15 is 0 Å². The molecule has 0 aliphatic heterocycles. The van der Waals surface area contributed by atoms with E-state index < -0.39 is 0 Å². The van der Waals surface area contributed by atoms with Crippen molar-refractivity contribution < 1.29 is 15.0 Å². The van der Waals surface area contributed by atoms with E-state index in [-0.39, 0.29) is 17.4 Å². The van der Waals surface area contributed by atoms with Crippen molar-refractivity contribution in [1.82, 2.24) is 5.43 Å². The van der Waals surface area contributed by atoms with Gasteiger partial charge >= 0.3 is 0 Å². The van der Waals surface area contributed by atoms with Crippen LogP contribution in [0, 0.1) is 0 Å². The second-order valence-electron chi connectivity index (χ2n) is 4.92. The summed E-state index contributed by atoms with van der Waals surface area (Å²) in [6, 6.07) is 14.0. The lowest BCUT2D eigenvalue weighted by molar-refractivity contribution is -0.121. The Bertz CT molecular complexity index is 682. The van der Waals surface area contributed by atoms with Crippen LogP contribution in [0.2, 0.25) is 0 Å². The summed E-state index contributed by atoms with van der Waals surface area (Å²) in [5.41, 5.74) is 4.48. The van der Waals surface area contributed by atoms with Gasteiger partial charge in [-0.25, -0.2) is 5.43 Å². The van der Waals surface area contributed by atoms with Crippen molar-refractivity contribution >= 4 is 11.6 Å². The molecule has 0 aliphatic carbocycles. The SMILES string of the molecule is CC(=NNC(=O)CCc1ccccc1)c1ccc(O)cc1O. The van der Waals surface area contributed by atoms with Crippen LogP contribution in [-0.4, -0.2) is 21.8 Å². The van der Waals surface area contributed by atoms with Crippen molar-refractivity contribution in [3.63, 3.8) is 0 Å². The smallest absolute Gasteiger partial charge is 0.240 e. The number of nitrogens with zero attached hydrogens (tertiary/aromatic N) is 1. The highest BCUT2D eigenvalue weighted by Crippen LogP contribution is 2.22. The molecule has 5 nitrogen and oxygen atoms in total. The van der Waals surface area contributed by atoms with Crippen molar-refractivity contribution in [3.8, 4) is 11.5 Å². The molecule has 0 saturated heterocycles. The minimum atomic E-state index is -0.193. The van der Waals surface area contributed by atoms with E-state index in [9.17, 15) is 15.0 Å². The number of phenols is 2. The molecular weight excluding hydrogens is 280 g/mol. The quantitative estimate of drug-likeness (QED) is 0.586. The van der Waals surface area contributed by atoms with Gasteiger partial charge in [-0.2, -0.15) is 5.10 Å². The third-order valence-corrected chi connectivity index (χ3v) is 3.20. The standard InChI is InChI=1S/C17H18N2O3/c1-12(15-9-8-14(20)11-16(15)21)18-19-17(22)10-7-13-5-3-2-4-6-13/h2-6,8-9,11,20-21H,7,10H2,1H3,(H,19,22). The molecule has 2 rings (SSSR count). The summed E-state index contributed by atoms with van der Waals surface area (Å²) in [6.45, 7) is 1.67. The van der Waals surface area contributed by atoms with Gasteiger partial charge in [0.05, 0.1) is 5.71 Å². The van der Waals surface area contributed by atoms with Crippen LogP contribution in [0.1, 0.15) is 24.5 Å². The van der Waals surface area contributed by atoms with Crippen LogP contribution in [0.5, 0.6) is 11.5 Å². The predicted octanol–water partition coefficient (Wildman–Crippen LogP) is 2.57. The highest BCUT2D eigenvalue weighted by atomic mass is 16.3. The second-order valence-corrected chi connectivity index (χ2v) is 4.92. The summed E-state index contributed by atoms with van der Waals surface area (Å²) in [5.74, 6) is -0.304. The Kier molecular flexibility index (Phi) is 5.14. The molecule has 3 N–H and O–H groups in total. The molecular formula is C17H18N2O3. The maximum Gasteiger partial charge on any atom is 0.240 e. The molecule has 0 fully saturated rings. The Balaban J connectivity index is 1.91. The maximum absolute atomic E-state index is 11.8. The molecule has 2 aromatic rings. The van der Waals surface area contributed by atoms with Crippen LogP contribution in [0.4, 0.5) is 0 Å². The number of aromatic hydroxyl groups is 2. The van der Waals surface area contributed by atoms with Gasteiger partial charge in [0.25, 0.3) is 0 Å². The number of phenolic OH excluding ortho intramolecular Hbond substituents is 2.